The van der Waals surface area contributed by atoms with Gasteiger partial charge in [0.1, 0.15) is 0 Å². The molecule has 0 N–H and O–H groups in total. The fourth-order valence-electron chi connectivity index (χ4n) is 4.05. The van der Waals surface area contributed by atoms with Crippen LogP contribution < -0.4 is 5.46 Å². The number of Topliss-reactive ketones (excluding diaryl/α,β-unsaturated/α-hetero) is 1. The average Bonchev–Trinajstić information content (AvgIpc) is 3.21. The van der Waals surface area contributed by atoms with Crippen molar-refractivity contribution in [3.05, 3.63) is 59.8 Å². The van der Waals surface area contributed by atoms with Crippen molar-refractivity contribution in [2.45, 2.75) is 71.5 Å². The van der Waals surface area contributed by atoms with Crippen LogP contribution in [-0.4, -0.2) is 36.5 Å². The first-order valence-corrected chi connectivity index (χ1v) is 12.9. The summed E-state index contributed by atoms with van der Waals surface area (Å²) in [7, 11) is -4.68. The average molecular weight is 481 g/mol. The number of aryl methyl sites for hydroxylation is 1. The number of carbonyl (C=O) groups is 1. The number of hydrogen-bond donors (Lipinski definition) is 0. The maximum Gasteiger partial charge on any atom is 0.495 e. The maximum atomic E-state index is 13.7. The van der Waals surface area contributed by atoms with Gasteiger partial charge < -0.3 is 9.31 Å². The van der Waals surface area contributed by atoms with Crippen LogP contribution >= 0.6 is 0 Å². The van der Waals surface area contributed by atoms with Crippen molar-refractivity contribution in [3.63, 3.8) is 0 Å². The van der Waals surface area contributed by atoms with Gasteiger partial charge in [0.05, 0.1) is 21.6 Å². The minimum Gasteiger partial charge on any atom is -0.399 e. The minimum atomic E-state index is -3.94. The maximum absolute atomic E-state index is 13.7. The largest absolute Gasteiger partial charge is 0.495 e. The molecule has 2 heterocycles. The van der Waals surface area contributed by atoms with E-state index in [1.165, 1.54) is 10.2 Å². The van der Waals surface area contributed by atoms with E-state index in [1.807, 2.05) is 61.5 Å². The summed E-state index contributed by atoms with van der Waals surface area (Å²) in [5.41, 5.74) is 0.485. The third-order valence-electron chi connectivity index (χ3n) is 6.84. The van der Waals surface area contributed by atoms with Crippen molar-refractivity contribution in [3.8, 4) is 0 Å². The van der Waals surface area contributed by atoms with Crippen LogP contribution in [-0.2, 0) is 19.3 Å². The van der Waals surface area contributed by atoms with Gasteiger partial charge in [0, 0.05) is 22.6 Å². The SMILES string of the molecule is Cc1ccc(S(=O)(=O)n2cc(C(=O)C(C)(C)C)c3c(B4OC(C)(C)C(C)(C)O4)cccc32)cc1. The van der Waals surface area contributed by atoms with Crippen LogP contribution in [0.3, 0.4) is 0 Å². The van der Waals surface area contributed by atoms with Crippen molar-refractivity contribution in [1.82, 2.24) is 3.97 Å². The van der Waals surface area contributed by atoms with Crippen molar-refractivity contribution >= 4 is 39.3 Å². The van der Waals surface area contributed by atoms with Crippen LogP contribution in [0.25, 0.3) is 10.9 Å². The van der Waals surface area contributed by atoms with Crippen molar-refractivity contribution in [1.29, 1.82) is 0 Å². The highest BCUT2D eigenvalue weighted by Crippen LogP contribution is 2.38. The van der Waals surface area contributed by atoms with Crippen molar-refractivity contribution in [2.75, 3.05) is 0 Å². The van der Waals surface area contributed by atoms with Crippen molar-refractivity contribution in [2.24, 2.45) is 5.41 Å². The lowest BCUT2D eigenvalue weighted by Crippen LogP contribution is -2.41. The molecule has 0 unspecified atom stereocenters. The molecule has 1 aromatic heterocycles. The van der Waals surface area contributed by atoms with E-state index < -0.39 is 33.8 Å². The molecule has 0 aliphatic carbocycles. The van der Waals surface area contributed by atoms with Gasteiger partial charge in [-0.1, -0.05) is 50.6 Å². The molecule has 0 amide bonds. The van der Waals surface area contributed by atoms with E-state index in [4.69, 9.17) is 9.31 Å². The van der Waals surface area contributed by atoms with Gasteiger partial charge in [-0.25, -0.2) is 12.4 Å². The van der Waals surface area contributed by atoms with Gasteiger partial charge in [-0.15, -0.1) is 0 Å². The number of carbonyl (C=O) groups excluding carboxylic acids is 1. The Morgan fingerprint density at radius 3 is 2.03 bits per heavy atom. The fraction of sp³-hybridized carbons (Fsp3) is 0.423. The Bertz CT molecular complexity index is 1360. The number of aromatic nitrogens is 1. The Morgan fingerprint density at radius 1 is 0.941 bits per heavy atom. The number of fused-ring (bicyclic) bond motifs is 1. The van der Waals surface area contributed by atoms with Crippen LogP contribution in [0.15, 0.2) is 53.6 Å². The monoisotopic (exact) mass is 481 g/mol. The third-order valence-corrected chi connectivity index (χ3v) is 8.53. The Kier molecular flexibility index (Phi) is 5.67. The Hall–Kier alpha value is -2.42. The van der Waals surface area contributed by atoms with Gasteiger partial charge in [-0.05, 0) is 58.3 Å². The van der Waals surface area contributed by atoms with E-state index in [0.29, 0.717) is 21.9 Å². The smallest absolute Gasteiger partial charge is 0.399 e. The van der Waals surface area contributed by atoms with Crippen LogP contribution in [0.5, 0.6) is 0 Å². The van der Waals surface area contributed by atoms with Gasteiger partial charge >= 0.3 is 7.12 Å². The molecule has 6 nitrogen and oxygen atoms in total. The van der Waals surface area contributed by atoms with Gasteiger partial charge in [0.2, 0.25) is 0 Å². The quantitative estimate of drug-likeness (QED) is 0.399. The lowest BCUT2D eigenvalue weighted by molar-refractivity contribution is 0.00578. The third kappa shape index (κ3) is 3.91. The first kappa shape index (κ1) is 24.7. The van der Waals surface area contributed by atoms with E-state index >= 15 is 0 Å². The van der Waals surface area contributed by atoms with Gasteiger partial charge in [-0.2, -0.15) is 0 Å². The zero-order chi connectivity index (χ0) is 25.3. The van der Waals surface area contributed by atoms with Crippen LogP contribution in [0, 0.1) is 12.3 Å². The molecule has 34 heavy (non-hydrogen) atoms. The topological polar surface area (TPSA) is 74.6 Å². The van der Waals surface area contributed by atoms with E-state index in [2.05, 4.69) is 0 Å². The molecule has 0 radical (unpaired) electrons. The Balaban J connectivity index is 2.00. The first-order chi connectivity index (χ1) is 15.6. The second-order valence-electron chi connectivity index (χ2n) is 11.1. The molecular weight excluding hydrogens is 449 g/mol. The summed E-state index contributed by atoms with van der Waals surface area (Å²) in [6, 6.07) is 12.0. The van der Waals surface area contributed by atoms with E-state index in [1.54, 1.807) is 36.4 Å². The molecule has 0 saturated carbocycles. The number of nitrogens with zero attached hydrogens (tertiary/aromatic N) is 1. The standard InChI is InChI=1S/C26H32BNO5S/c1-17-12-14-18(15-13-17)34(30,31)28-16-19(23(29)24(2,3)4)22-20(10-9-11-21(22)28)27-32-25(5,6)26(7,8)33-27/h9-16H,1-8H3. The fourth-order valence-corrected chi connectivity index (χ4v) is 5.41. The summed E-state index contributed by atoms with van der Waals surface area (Å²) in [6.07, 6.45) is 1.45. The molecular formula is C26H32BNO5S. The summed E-state index contributed by atoms with van der Waals surface area (Å²) in [5, 5.41) is 0.539. The molecule has 0 bridgehead atoms. The first-order valence-electron chi connectivity index (χ1n) is 11.4. The molecule has 1 aliphatic heterocycles. The van der Waals surface area contributed by atoms with Gasteiger partial charge in [-0.3, -0.25) is 4.79 Å². The molecule has 2 aromatic carbocycles. The molecule has 1 fully saturated rings. The summed E-state index contributed by atoms with van der Waals surface area (Å²) in [5.74, 6) is -0.153. The zero-order valence-corrected chi connectivity index (χ0v) is 21.9. The van der Waals surface area contributed by atoms with Gasteiger partial charge in [0.25, 0.3) is 10.0 Å². The summed E-state index contributed by atoms with van der Waals surface area (Å²) >= 11 is 0. The second kappa shape index (κ2) is 7.80. The number of rotatable bonds is 4. The second-order valence-corrected chi connectivity index (χ2v) is 12.9. The highest BCUT2D eigenvalue weighted by atomic mass is 32.2. The lowest BCUT2D eigenvalue weighted by Gasteiger charge is -2.32. The molecule has 0 atom stereocenters. The van der Waals surface area contributed by atoms with Crippen molar-refractivity contribution < 1.29 is 22.5 Å². The highest BCUT2D eigenvalue weighted by Gasteiger charge is 2.52. The summed E-state index contributed by atoms with van der Waals surface area (Å²) in [6.45, 7) is 15.2. The normalized spacial score (nSPS) is 17.9. The molecule has 1 aliphatic rings. The Labute approximate surface area is 202 Å². The number of benzene rings is 2. The molecule has 1 saturated heterocycles. The molecule has 4 rings (SSSR count). The minimum absolute atomic E-state index is 0.153. The van der Waals surface area contributed by atoms with E-state index in [0.717, 1.165) is 5.56 Å². The van der Waals surface area contributed by atoms with E-state index in [9.17, 15) is 13.2 Å². The predicted octanol–water partition coefficient (Wildman–Crippen LogP) is 4.71. The zero-order valence-electron chi connectivity index (χ0n) is 21.1. The lowest BCUT2D eigenvalue weighted by atomic mass is 9.75. The van der Waals surface area contributed by atoms with Gasteiger partial charge in [0.15, 0.2) is 5.78 Å². The molecule has 8 heteroatoms. The van der Waals surface area contributed by atoms with Crippen LogP contribution in [0.1, 0.15) is 64.4 Å². The molecule has 3 aromatic rings. The summed E-state index contributed by atoms with van der Waals surface area (Å²) < 4.78 is 41.1. The Morgan fingerprint density at radius 2 is 1.50 bits per heavy atom. The predicted molar refractivity (Wildman–Crippen MR) is 135 cm³/mol. The summed E-state index contributed by atoms with van der Waals surface area (Å²) in [4.78, 5) is 13.7. The van der Waals surface area contributed by atoms with Crippen LogP contribution in [0.4, 0.5) is 0 Å². The van der Waals surface area contributed by atoms with Crippen LogP contribution in [0.2, 0.25) is 0 Å². The van der Waals surface area contributed by atoms with E-state index in [-0.39, 0.29) is 10.7 Å². The highest BCUT2D eigenvalue weighted by molar-refractivity contribution is 7.90. The molecule has 0 spiro atoms. The molecule has 180 valence electrons. The number of ketones is 1. The number of hydrogen-bond acceptors (Lipinski definition) is 5.